The number of rotatable bonds is 5. The monoisotopic (exact) mass is 386 g/mol. The smallest absolute Gasteiger partial charge is 0.255 e. The highest BCUT2D eigenvalue weighted by Crippen LogP contribution is 2.26. The molecule has 3 heterocycles. The number of pyridine rings is 1. The Morgan fingerprint density at radius 3 is 2.64 bits per heavy atom. The van der Waals surface area contributed by atoms with E-state index >= 15 is 0 Å². The van der Waals surface area contributed by atoms with Crippen molar-refractivity contribution < 1.29 is 9.53 Å². The van der Waals surface area contributed by atoms with Crippen LogP contribution in [0, 0.1) is 5.92 Å². The fourth-order valence-electron chi connectivity index (χ4n) is 4.84. The lowest BCUT2D eigenvalue weighted by atomic mass is 9.88. The largest absolute Gasteiger partial charge is 0.378 e. The summed E-state index contributed by atoms with van der Waals surface area (Å²) >= 11 is 0. The highest BCUT2D eigenvalue weighted by molar-refractivity contribution is 5.94. The van der Waals surface area contributed by atoms with Gasteiger partial charge in [-0.3, -0.25) is 4.79 Å². The van der Waals surface area contributed by atoms with Crippen LogP contribution in [-0.2, 0) is 4.74 Å². The van der Waals surface area contributed by atoms with Gasteiger partial charge in [-0.15, -0.1) is 0 Å². The molecular weight excluding hydrogens is 352 g/mol. The highest BCUT2D eigenvalue weighted by atomic mass is 16.5. The number of carbonyl (C=O) groups is 1. The van der Waals surface area contributed by atoms with Crippen molar-refractivity contribution in [3.63, 3.8) is 0 Å². The van der Waals surface area contributed by atoms with Gasteiger partial charge in [0.2, 0.25) is 0 Å². The summed E-state index contributed by atoms with van der Waals surface area (Å²) in [5.74, 6) is 1.83. The van der Waals surface area contributed by atoms with Crippen molar-refractivity contribution in [2.75, 3.05) is 51.3 Å². The molecule has 1 aliphatic carbocycles. The molecule has 3 aliphatic rings. The summed E-state index contributed by atoms with van der Waals surface area (Å²) in [6.07, 6.45) is 11.2. The molecule has 154 valence electrons. The van der Waals surface area contributed by atoms with Crippen molar-refractivity contribution in [2.45, 2.75) is 51.0 Å². The number of hydrogen-bond donors (Lipinski definition) is 1. The molecule has 0 unspecified atom stereocenters. The van der Waals surface area contributed by atoms with Crippen molar-refractivity contribution in [1.82, 2.24) is 14.8 Å². The Bertz CT molecular complexity index is 624. The fraction of sp³-hybridized carbons (Fsp3) is 0.727. The van der Waals surface area contributed by atoms with E-state index in [0.717, 1.165) is 18.3 Å². The first kappa shape index (κ1) is 19.6. The van der Waals surface area contributed by atoms with Gasteiger partial charge in [-0.25, -0.2) is 4.98 Å². The van der Waals surface area contributed by atoms with Crippen molar-refractivity contribution in [3.05, 3.63) is 23.9 Å². The summed E-state index contributed by atoms with van der Waals surface area (Å²) in [7, 11) is 0. The van der Waals surface area contributed by atoms with Crippen LogP contribution in [0.1, 0.15) is 55.3 Å². The van der Waals surface area contributed by atoms with Gasteiger partial charge < -0.3 is 19.9 Å². The lowest BCUT2D eigenvalue weighted by Gasteiger charge is -2.36. The van der Waals surface area contributed by atoms with Gasteiger partial charge in [0, 0.05) is 38.4 Å². The zero-order chi connectivity index (χ0) is 19.2. The lowest BCUT2D eigenvalue weighted by Crippen LogP contribution is -2.44. The molecule has 1 aromatic rings. The SMILES string of the molecule is O=C(c1ccc(N[C@@H]2CCCN(CC3CCCCC3)C2)nc1)N1CCOCC1. The summed E-state index contributed by atoms with van der Waals surface area (Å²) in [5, 5.41) is 3.60. The van der Waals surface area contributed by atoms with Crippen LogP contribution in [-0.4, -0.2) is 72.7 Å². The van der Waals surface area contributed by atoms with E-state index in [1.54, 1.807) is 6.20 Å². The highest BCUT2D eigenvalue weighted by Gasteiger charge is 2.24. The predicted octanol–water partition coefficient (Wildman–Crippen LogP) is 3.01. The first-order valence-corrected chi connectivity index (χ1v) is 11.1. The quantitative estimate of drug-likeness (QED) is 0.843. The molecule has 3 fully saturated rings. The van der Waals surface area contributed by atoms with E-state index in [1.807, 2.05) is 17.0 Å². The number of nitrogens with zero attached hydrogens (tertiary/aromatic N) is 3. The van der Waals surface area contributed by atoms with Gasteiger partial charge >= 0.3 is 0 Å². The van der Waals surface area contributed by atoms with Gasteiger partial charge in [0.05, 0.1) is 18.8 Å². The van der Waals surface area contributed by atoms with Gasteiger partial charge in [-0.2, -0.15) is 0 Å². The minimum Gasteiger partial charge on any atom is -0.378 e. The van der Waals surface area contributed by atoms with Gasteiger partial charge in [-0.1, -0.05) is 19.3 Å². The Kier molecular flexibility index (Phi) is 6.81. The average Bonchev–Trinajstić information content (AvgIpc) is 2.75. The molecule has 0 radical (unpaired) electrons. The summed E-state index contributed by atoms with van der Waals surface area (Å²) in [4.78, 5) is 21.5. The second-order valence-electron chi connectivity index (χ2n) is 8.58. The lowest BCUT2D eigenvalue weighted by molar-refractivity contribution is 0.0302. The van der Waals surface area contributed by atoms with Crippen LogP contribution in [0.15, 0.2) is 18.3 Å². The molecule has 1 N–H and O–H groups in total. The Labute approximate surface area is 168 Å². The maximum absolute atomic E-state index is 12.5. The van der Waals surface area contributed by atoms with E-state index < -0.39 is 0 Å². The standard InChI is InChI=1S/C22H34N4O2/c27-22(26-11-13-28-14-12-26)19-8-9-21(23-15-19)24-20-7-4-10-25(17-20)16-18-5-2-1-3-6-18/h8-9,15,18,20H,1-7,10-14,16-17H2,(H,23,24)/t20-/m1/s1. The zero-order valence-corrected chi connectivity index (χ0v) is 16.9. The molecule has 0 spiro atoms. The van der Waals surface area contributed by atoms with E-state index in [2.05, 4.69) is 15.2 Å². The maximum atomic E-state index is 12.5. The van der Waals surface area contributed by atoms with E-state index in [-0.39, 0.29) is 5.91 Å². The van der Waals surface area contributed by atoms with Crippen molar-refractivity contribution in [2.24, 2.45) is 5.92 Å². The summed E-state index contributed by atoms with van der Waals surface area (Å²) in [5.41, 5.74) is 0.662. The summed E-state index contributed by atoms with van der Waals surface area (Å²) < 4.78 is 5.32. The second kappa shape index (κ2) is 9.70. The zero-order valence-electron chi connectivity index (χ0n) is 16.9. The molecule has 6 heteroatoms. The molecule has 28 heavy (non-hydrogen) atoms. The maximum Gasteiger partial charge on any atom is 0.255 e. The predicted molar refractivity (Wildman–Crippen MR) is 111 cm³/mol. The number of amides is 1. The molecule has 6 nitrogen and oxygen atoms in total. The van der Waals surface area contributed by atoms with Crippen LogP contribution >= 0.6 is 0 Å². The average molecular weight is 387 g/mol. The van der Waals surface area contributed by atoms with E-state index in [4.69, 9.17) is 4.74 Å². The van der Waals surface area contributed by atoms with Crippen molar-refractivity contribution >= 4 is 11.7 Å². The van der Waals surface area contributed by atoms with Crippen LogP contribution < -0.4 is 5.32 Å². The summed E-state index contributed by atoms with van der Waals surface area (Å²) in [6.45, 7) is 6.17. The normalized spacial score (nSPS) is 24.9. The number of nitrogens with one attached hydrogen (secondary N) is 1. The number of ether oxygens (including phenoxy) is 1. The number of piperidine rings is 1. The van der Waals surface area contributed by atoms with Crippen LogP contribution in [0.4, 0.5) is 5.82 Å². The van der Waals surface area contributed by atoms with Crippen molar-refractivity contribution in [1.29, 1.82) is 0 Å². The Hall–Kier alpha value is -1.66. The van der Waals surface area contributed by atoms with Gasteiger partial charge in [-0.05, 0) is 50.3 Å². The van der Waals surface area contributed by atoms with Crippen molar-refractivity contribution in [3.8, 4) is 0 Å². The second-order valence-corrected chi connectivity index (χ2v) is 8.58. The number of hydrogen-bond acceptors (Lipinski definition) is 5. The number of morpholine rings is 1. The van der Waals surface area contributed by atoms with E-state index in [1.165, 1.54) is 58.0 Å². The minimum absolute atomic E-state index is 0.0543. The Morgan fingerprint density at radius 1 is 1.07 bits per heavy atom. The number of anilines is 1. The minimum atomic E-state index is 0.0543. The fourth-order valence-corrected chi connectivity index (χ4v) is 4.84. The number of carbonyl (C=O) groups excluding carboxylic acids is 1. The topological polar surface area (TPSA) is 57.7 Å². The van der Waals surface area contributed by atoms with Crippen LogP contribution in [0.25, 0.3) is 0 Å². The molecule has 2 aliphatic heterocycles. The molecule has 0 aromatic carbocycles. The molecule has 1 atom stereocenters. The van der Waals surface area contributed by atoms with Gasteiger partial charge in [0.15, 0.2) is 0 Å². The summed E-state index contributed by atoms with van der Waals surface area (Å²) in [6, 6.07) is 4.30. The van der Waals surface area contributed by atoms with Gasteiger partial charge in [0.25, 0.3) is 5.91 Å². The van der Waals surface area contributed by atoms with E-state index in [9.17, 15) is 4.79 Å². The molecular formula is C22H34N4O2. The van der Waals surface area contributed by atoms with Crippen LogP contribution in [0.3, 0.4) is 0 Å². The van der Waals surface area contributed by atoms with E-state index in [0.29, 0.717) is 37.9 Å². The third-order valence-electron chi connectivity index (χ3n) is 6.41. The molecule has 1 saturated carbocycles. The number of aromatic nitrogens is 1. The third kappa shape index (κ3) is 5.23. The van der Waals surface area contributed by atoms with Gasteiger partial charge in [0.1, 0.15) is 5.82 Å². The van der Waals surface area contributed by atoms with Crippen LogP contribution in [0.2, 0.25) is 0 Å². The Balaban J connectivity index is 1.28. The molecule has 1 aromatic heterocycles. The molecule has 2 saturated heterocycles. The first-order chi connectivity index (χ1) is 13.8. The Morgan fingerprint density at radius 2 is 1.89 bits per heavy atom. The first-order valence-electron chi connectivity index (χ1n) is 11.1. The van der Waals surface area contributed by atoms with Crippen LogP contribution in [0.5, 0.6) is 0 Å². The number of likely N-dealkylation sites (tertiary alicyclic amines) is 1. The molecule has 1 amide bonds. The third-order valence-corrected chi connectivity index (χ3v) is 6.41. The molecule has 4 rings (SSSR count). The molecule has 0 bridgehead atoms.